The lowest BCUT2D eigenvalue weighted by molar-refractivity contribution is 0.0591. The molecular weight excluding hydrogens is 251 g/mol. The van der Waals surface area contributed by atoms with Crippen molar-refractivity contribution in [3.8, 4) is 0 Å². The quantitative estimate of drug-likeness (QED) is 0.560. The van der Waals surface area contributed by atoms with Gasteiger partial charge in [0.2, 0.25) is 0 Å². The van der Waals surface area contributed by atoms with Gasteiger partial charge in [-0.05, 0) is 6.92 Å². The van der Waals surface area contributed by atoms with E-state index in [9.17, 15) is 0 Å². The topological polar surface area (TPSA) is 34.2 Å². The third kappa shape index (κ3) is 4.18. The van der Waals surface area contributed by atoms with Crippen LogP contribution in [0, 0.1) is 0 Å². The summed E-state index contributed by atoms with van der Waals surface area (Å²) in [6, 6.07) is 0. The summed E-state index contributed by atoms with van der Waals surface area (Å²) in [7, 11) is -0.407. The molecule has 2 saturated heterocycles. The maximum absolute atomic E-state index is 5.43. The molecular formula is C12H23N2O3P. The van der Waals surface area contributed by atoms with Gasteiger partial charge in [-0.2, -0.15) is 0 Å². The maximum atomic E-state index is 5.43. The molecule has 6 heteroatoms. The molecule has 2 aliphatic rings. The lowest BCUT2D eigenvalue weighted by Gasteiger charge is -2.40. The average Bonchev–Trinajstić information content (AvgIpc) is 2.46. The fourth-order valence-electron chi connectivity index (χ4n) is 2.08. The first-order valence-electron chi connectivity index (χ1n) is 6.64. The highest BCUT2D eigenvalue weighted by molar-refractivity contribution is 7.56. The van der Waals surface area contributed by atoms with Crippen LogP contribution in [0.3, 0.4) is 0 Å². The van der Waals surface area contributed by atoms with E-state index in [1.807, 2.05) is 13.2 Å². The Morgan fingerprint density at radius 1 is 1.00 bits per heavy atom. The van der Waals surface area contributed by atoms with E-state index >= 15 is 0 Å². The van der Waals surface area contributed by atoms with Gasteiger partial charge in [-0.1, -0.05) is 0 Å². The molecule has 0 N–H and O–H groups in total. The number of morpholine rings is 2. The van der Waals surface area contributed by atoms with Crippen molar-refractivity contribution in [3.63, 3.8) is 0 Å². The first kappa shape index (κ1) is 14.2. The van der Waals surface area contributed by atoms with Crippen LogP contribution in [0.2, 0.25) is 0 Å². The minimum Gasteiger partial charge on any atom is -0.501 e. The van der Waals surface area contributed by atoms with E-state index in [0.717, 1.165) is 59.2 Å². The summed E-state index contributed by atoms with van der Waals surface area (Å²) in [5, 5.41) is 0. The van der Waals surface area contributed by atoms with Gasteiger partial charge >= 0.3 is 0 Å². The van der Waals surface area contributed by atoms with Gasteiger partial charge in [0, 0.05) is 32.0 Å². The molecule has 0 unspecified atom stereocenters. The molecule has 0 bridgehead atoms. The second-order valence-corrected chi connectivity index (χ2v) is 6.26. The summed E-state index contributed by atoms with van der Waals surface area (Å²) in [6.45, 7) is 10.1. The second kappa shape index (κ2) is 8.08. The Kier molecular flexibility index (Phi) is 6.38. The van der Waals surface area contributed by atoms with Gasteiger partial charge in [-0.25, -0.2) is 0 Å². The van der Waals surface area contributed by atoms with Crippen molar-refractivity contribution in [2.24, 2.45) is 0 Å². The first-order chi connectivity index (χ1) is 8.92. The molecule has 5 nitrogen and oxygen atoms in total. The molecule has 0 aromatic heterocycles. The van der Waals surface area contributed by atoms with Gasteiger partial charge in [0.15, 0.2) is 0 Å². The molecule has 0 spiro atoms. The van der Waals surface area contributed by atoms with Crippen molar-refractivity contribution in [2.45, 2.75) is 6.92 Å². The van der Waals surface area contributed by atoms with Crippen LogP contribution in [0.5, 0.6) is 0 Å². The third-order valence-electron chi connectivity index (χ3n) is 3.01. The van der Waals surface area contributed by atoms with Crippen LogP contribution in [-0.2, 0) is 14.2 Å². The highest BCUT2D eigenvalue weighted by atomic mass is 31.1. The van der Waals surface area contributed by atoms with E-state index in [0.29, 0.717) is 0 Å². The molecule has 2 heterocycles. The van der Waals surface area contributed by atoms with Crippen LogP contribution in [-0.4, -0.2) is 68.6 Å². The van der Waals surface area contributed by atoms with E-state index in [1.165, 1.54) is 0 Å². The SMILES string of the molecule is CCO/C=C/P(N1CCOCC1)N1CCOCC1. The fraction of sp³-hybridized carbons (Fsp3) is 0.833. The Hall–Kier alpha value is -0.190. The van der Waals surface area contributed by atoms with Gasteiger partial charge in [0.1, 0.15) is 0 Å². The number of nitrogens with zero attached hydrogens (tertiary/aromatic N) is 2. The highest BCUT2D eigenvalue weighted by Crippen LogP contribution is 2.46. The standard InChI is InChI=1S/C12H23N2O3P/c1-2-15-11-12-18(13-3-7-16-8-4-13)14-5-9-17-10-6-14/h11-12H,2-10H2,1H3/b12-11+. The summed E-state index contributed by atoms with van der Waals surface area (Å²) in [5.74, 6) is 2.22. The van der Waals surface area contributed by atoms with E-state index in [1.54, 1.807) is 0 Å². The van der Waals surface area contributed by atoms with E-state index < -0.39 is 8.22 Å². The van der Waals surface area contributed by atoms with Crippen molar-refractivity contribution in [1.82, 2.24) is 9.34 Å². The van der Waals surface area contributed by atoms with Crippen LogP contribution in [0.15, 0.2) is 12.1 Å². The molecule has 0 atom stereocenters. The number of hydrogen-bond acceptors (Lipinski definition) is 5. The monoisotopic (exact) mass is 274 g/mol. The summed E-state index contributed by atoms with van der Waals surface area (Å²) in [4.78, 5) is 0. The Bertz CT molecular complexity index is 236. The fourth-order valence-corrected chi connectivity index (χ4v) is 4.15. The maximum Gasteiger partial charge on any atom is 0.0858 e. The molecule has 18 heavy (non-hydrogen) atoms. The van der Waals surface area contributed by atoms with Gasteiger partial charge in [0.25, 0.3) is 0 Å². The predicted octanol–water partition coefficient (Wildman–Crippen LogP) is 1.47. The molecule has 2 aliphatic heterocycles. The minimum absolute atomic E-state index is 0.407. The molecule has 0 aromatic carbocycles. The van der Waals surface area contributed by atoms with E-state index in [4.69, 9.17) is 14.2 Å². The molecule has 0 saturated carbocycles. The van der Waals surface area contributed by atoms with Crippen molar-refractivity contribution >= 4 is 8.22 Å². The lowest BCUT2D eigenvalue weighted by Crippen LogP contribution is -2.40. The number of rotatable bonds is 5. The summed E-state index contributed by atoms with van der Waals surface area (Å²) < 4.78 is 21.3. The Morgan fingerprint density at radius 2 is 1.50 bits per heavy atom. The van der Waals surface area contributed by atoms with Crippen molar-refractivity contribution in [3.05, 3.63) is 12.1 Å². The molecule has 0 amide bonds. The highest BCUT2D eigenvalue weighted by Gasteiger charge is 2.26. The van der Waals surface area contributed by atoms with Gasteiger partial charge < -0.3 is 14.2 Å². The zero-order chi connectivity index (χ0) is 12.6. The minimum atomic E-state index is -0.407. The van der Waals surface area contributed by atoms with Crippen molar-refractivity contribution < 1.29 is 14.2 Å². The Balaban J connectivity index is 1.95. The zero-order valence-electron chi connectivity index (χ0n) is 11.1. The van der Waals surface area contributed by atoms with Crippen molar-refractivity contribution in [2.75, 3.05) is 59.2 Å². The van der Waals surface area contributed by atoms with E-state index in [2.05, 4.69) is 15.2 Å². The second-order valence-electron chi connectivity index (χ2n) is 4.19. The normalized spacial score (nSPS) is 23.9. The van der Waals surface area contributed by atoms with Crippen LogP contribution in [0.4, 0.5) is 0 Å². The van der Waals surface area contributed by atoms with Gasteiger partial charge in [-0.15, -0.1) is 0 Å². The molecule has 0 radical (unpaired) electrons. The van der Waals surface area contributed by atoms with Crippen LogP contribution < -0.4 is 0 Å². The lowest BCUT2D eigenvalue weighted by atomic mass is 10.5. The largest absolute Gasteiger partial charge is 0.501 e. The summed E-state index contributed by atoms with van der Waals surface area (Å²) in [6.07, 6.45) is 1.86. The Morgan fingerprint density at radius 3 is 1.94 bits per heavy atom. The number of hydrogen-bond donors (Lipinski definition) is 0. The van der Waals surface area contributed by atoms with Crippen LogP contribution >= 0.6 is 8.22 Å². The predicted molar refractivity (Wildman–Crippen MR) is 72.5 cm³/mol. The molecule has 0 aliphatic carbocycles. The molecule has 104 valence electrons. The third-order valence-corrected chi connectivity index (χ3v) is 5.36. The van der Waals surface area contributed by atoms with E-state index in [-0.39, 0.29) is 0 Å². The number of ether oxygens (including phenoxy) is 3. The Labute approximate surface area is 111 Å². The summed E-state index contributed by atoms with van der Waals surface area (Å²) >= 11 is 0. The summed E-state index contributed by atoms with van der Waals surface area (Å²) in [5.41, 5.74) is 0. The smallest absolute Gasteiger partial charge is 0.0858 e. The zero-order valence-corrected chi connectivity index (χ0v) is 12.0. The van der Waals surface area contributed by atoms with Gasteiger partial charge in [0.05, 0.1) is 47.5 Å². The average molecular weight is 274 g/mol. The van der Waals surface area contributed by atoms with Crippen LogP contribution in [0.25, 0.3) is 0 Å². The van der Waals surface area contributed by atoms with Crippen LogP contribution in [0.1, 0.15) is 6.92 Å². The van der Waals surface area contributed by atoms with Gasteiger partial charge in [-0.3, -0.25) is 9.34 Å². The molecule has 0 aromatic rings. The molecule has 2 rings (SSSR count). The molecule has 2 fully saturated rings. The first-order valence-corrected chi connectivity index (χ1v) is 7.96. The van der Waals surface area contributed by atoms with Crippen molar-refractivity contribution in [1.29, 1.82) is 0 Å².